The first-order chi connectivity index (χ1) is 7.59. The van der Waals surface area contributed by atoms with Gasteiger partial charge in [-0.25, -0.2) is 4.68 Å². The lowest BCUT2D eigenvalue weighted by atomic mass is 9.93. The van der Waals surface area contributed by atoms with Gasteiger partial charge in [-0.05, 0) is 12.5 Å². The molecule has 0 saturated heterocycles. The molecule has 1 N–H and O–H groups in total. The lowest BCUT2D eigenvalue weighted by Gasteiger charge is -2.22. The standard InChI is InChI=1S/C12H15N3O/c1-12(16,11-9-13-14-15(11)2)8-10-6-4-3-5-7-10/h3-7,9,16H,8H2,1-2H3. The molecule has 0 spiro atoms. The number of rotatable bonds is 3. The Hall–Kier alpha value is -1.68. The van der Waals surface area contributed by atoms with Crippen LogP contribution in [-0.2, 0) is 19.1 Å². The Morgan fingerprint density at radius 2 is 2.00 bits per heavy atom. The zero-order chi connectivity index (χ0) is 11.6. The van der Waals surface area contributed by atoms with Crippen LogP contribution >= 0.6 is 0 Å². The SMILES string of the molecule is Cn1nncc1C(C)(O)Cc1ccccc1. The molecular formula is C12H15N3O. The van der Waals surface area contributed by atoms with Crippen molar-refractivity contribution in [1.82, 2.24) is 15.0 Å². The highest BCUT2D eigenvalue weighted by molar-refractivity contribution is 5.20. The normalized spacial score (nSPS) is 14.7. The van der Waals surface area contributed by atoms with Crippen LogP contribution in [0.15, 0.2) is 36.5 Å². The second-order valence-corrected chi connectivity index (χ2v) is 4.18. The predicted molar refractivity (Wildman–Crippen MR) is 60.7 cm³/mol. The van der Waals surface area contributed by atoms with Crippen molar-refractivity contribution in [3.63, 3.8) is 0 Å². The third kappa shape index (κ3) is 2.12. The van der Waals surface area contributed by atoms with Gasteiger partial charge in [0.1, 0.15) is 5.60 Å². The number of aromatic nitrogens is 3. The highest BCUT2D eigenvalue weighted by Crippen LogP contribution is 2.23. The molecule has 0 saturated carbocycles. The molecule has 2 aromatic rings. The van der Waals surface area contributed by atoms with Crippen LogP contribution in [0.2, 0.25) is 0 Å². The van der Waals surface area contributed by atoms with Gasteiger partial charge < -0.3 is 5.11 Å². The summed E-state index contributed by atoms with van der Waals surface area (Å²) in [7, 11) is 1.78. The molecule has 0 aliphatic rings. The van der Waals surface area contributed by atoms with Gasteiger partial charge in [0.05, 0.1) is 11.9 Å². The van der Waals surface area contributed by atoms with Crippen molar-refractivity contribution in [3.05, 3.63) is 47.8 Å². The monoisotopic (exact) mass is 217 g/mol. The number of nitrogens with zero attached hydrogens (tertiary/aromatic N) is 3. The summed E-state index contributed by atoms with van der Waals surface area (Å²) in [5.41, 5.74) is 0.865. The van der Waals surface area contributed by atoms with Gasteiger partial charge in [-0.1, -0.05) is 35.5 Å². The van der Waals surface area contributed by atoms with E-state index in [0.717, 1.165) is 11.3 Å². The van der Waals surface area contributed by atoms with Crippen LogP contribution in [0.5, 0.6) is 0 Å². The maximum atomic E-state index is 10.4. The smallest absolute Gasteiger partial charge is 0.109 e. The zero-order valence-corrected chi connectivity index (χ0v) is 9.46. The summed E-state index contributed by atoms with van der Waals surface area (Å²) in [5, 5.41) is 18.0. The number of hydrogen-bond acceptors (Lipinski definition) is 3. The average Bonchev–Trinajstić information content (AvgIpc) is 2.66. The second kappa shape index (κ2) is 4.06. The molecule has 1 atom stereocenters. The van der Waals surface area contributed by atoms with Crippen LogP contribution in [0, 0.1) is 0 Å². The molecule has 0 amide bonds. The maximum Gasteiger partial charge on any atom is 0.109 e. The van der Waals surface area contributed by atoms with Crippen molar-refractivity contribution in [2.24, 2.45) is 7.05 Å². The molecule has 4 nitrogen and oxygen atoms in total. The summed E-state index contributed by atoms with van der Waals surface area (Å²) in [4.78, 5) is 0. The fraction of sp³-hybridized carbons (Fsp3) is 0.333. The number of benzene rings is 1. The lowest BCUT2D eigenvalue weighted by Crippen LogP contribution is -2.27. The molecule has 84 valence electrons. The van der Waals surface area contributed by atoms with Crippen LogP contribution < -0.4 is 0 Å². The number of aliphatic hydroxyl groups is 1. The molecule has 4 heteroatoms. The third-order valence-electron chi connectivity index (χ3n) is 2.66. The minimum Gasteiger partial charge on any atom is -0.383 e. The predicted octanol–water partition coefficient (Wildman–Crippen LogP) is 1.27. The Kier molecular flexibility index (Phi) is 2.75. The van der Waals surface area contributed by atoms with Crippen LogP contribution in [0.1, 0.15) is 18.2 Å². The van der Waals surface area contributed by atoms with E-state index in [0.29, 0.717) is 6.42 Å². The summed E-state index contributed by atoms with van der Waals surface area (Å²) in [5.74, 6) is 0. The minimum absolute atomic E-state index is 0.551. The van der Waals surface area contributed by atoms with Gasteiger partial charge in [-0.15, -0.1) is 5.10 Å². The van der Waals surface area contributed by atoms with E-state index in [2.05, 4.69) is 10.3 Å². The van der Waals surface area contributed by atoms with Crippen molar-refractivity contribution in [3.8, 4) is 0 Å². The summed E-state index contributed by atoms with van der Waals surface area (Å²) in [6, 6.07) is 9.89. The summed E-state index contributed by atoms with van der Waals surface area (Å²) >= 11 is 0. The van der Waals surface area contributed by atoms with Crippen LogP contribution in [0.4, 0.5) is 0 Å². The van der Waals surface area contributed by atoms with E-state index in [1.54, 1.807) is 24.9 Å². The topological polar surface area (TPSA) is 50.9 Å². The van der Waals surface area contributed by atoms with Gasteiger partial charge >= 0.3 is 0 Å². The maximum absolute atomic E-state index is 10.4. The highest BCUT2D eigenvalue weighted by Gasteiger charge is 2.27. The van der Waals surface area contributed by atoms with E-state index in [1.165, 1.54) is 0 Å². The first-order valence-corrected chi connectivity index (χ1v) is 5.21. The van der Waals surface area contributed by atoms with Gasteiger partial charge in [-0.3, -0.25) is 0 Å². The molecule has 0 radical (unpaired) electrons. The summed E-state index contributed by atoms with van der Waals surface area (Å²) < 4.78 is 1.60. The van der Waals surface area contributed by atoms with Gasteiger partial charge in [0.25, 0.3) is 0 Å². The second-order valence-electron chi connectivity index (χ2n) is 4.18. The van der Waals surface area contributed by atoms with E-state index in [1.807, 2.05) is 30.3 Å². The summed E-state index contributed by atoms with van der Waals surface area (Å²) in [6.07, 6.45) is 2.15. The van der Waals surface area contributed by atoms with E-state index < -0.39 is 5.60 Å². The molecule has 0 fully saturated rings. The van der Waals surface area contributed by atoms with Crippen LogP contribution in [-0.4, -0.2) is 20.1 Å². The first-order valence-electron chi connectivity index (χ1n) is 5.21. The molecule has 1 unspecified atom stereocenters. The Morgan fingerprint density at radius 3 is 2.56 bits per heavy atom. The summed E-state index contributed by atoms with van der Waals surface area (Å²) in [6.45, 7) is 1.78. The van der Waals surface area contributed by atoms with Crippen molar-refractivity contribution in [2.45, 2.75) is 18.9 Å². The average molecular weight is 217 g/mol. The van der Waals surface area contributed by atoms with Crippen LogP contribution in [0.25, 0.3) is 0 Å². The molecular weight excluding hydrogens is 202 g/mol. The molecule has 0 aliphatic carbocycles. The molecule has 1 heterocycles. The van der Waals surface area contributed by atoms with Crippen molar-refractivity contribution in [1.29, 1.82) is 0 Å². The third-order valence-corrected chi connectivity index (χ3v) is 2.66. The molecule has 0 bridgehead atoms. The van der Waals surface area contributed by atoms with Gasteiger partial charge in [0.2, 0.25) is 0 Å². The Bertz CT molecular complexity index is 462. The Labute approximate surface area is 94.5 Å². The quantitative estimate of drug-likeness (QED) is 0.842. The highest BCUT2D eigenvalue weighted by atomic mass is 16.3. The number of aryl methyl sites for hydroxylation is 1. The Morgan fingerprint density at radius 1 is 1.31 bits per heavy atom. The minimum atomic E-state index is -0.945. The lowest BCUT2D eigenvalue weighted by molar-refractivity contribution is 0.0490. The van der Waals surface area contributed by atoms with E-state index in [-0.39, 0.29) is 0 Å². The van der Waals surface area contributed by atoms with Crippen molar-refractivity contribution in [2.75, 3.05) is 0 Å². The molecule has 1 aromatic heterocycles. The largest absolute Gasteiger partial charge is 0.383 e. The van der Waals surface area contributed by atoms with E-state index in [4.69, 9.17) is 0 Å². The first kappa shape index (κ1) is 10.8. The molecule has 1 aromatic carbocycles. The zero-order valence-electron chi connectivity index (χ0n) is 9.46. The van der Waals surface area contributed by atoms with E-state index >= 15 is 0 Å². The number of hydrogen-bond donors (Lipinski definition) is 1. The fourth-order valence-electron chi connectivity index (χ4n) is 1.86. The molecule has 0 aliphatic heterocycles. The van der Waals surface area contributed by atoms with Crippen molar-refractivity contribution < 1.29 is 5.11 Å². The van der Waals surface area contributed by atoms with Gasteiger partial charge in [0.15, 0.2) is 0 Å². The Balaban J connectivity index is 2.24. The van der Waals surface area contributed by atoms with Crippen LogP contribution in [0.3, 0.4) is 0 Å². The molecule has 16 heavy (non-hydrogen) atoms. The van der Waals surface area contributed by atoms with E-state index in [9.17, 15) is 5.11 Å². The van der Waals surface area contributed by atoms with Gasteiger partial charge in [0, 0.05) is 13.5 Å². The van der Waals surface area contributed by atoms with Gasteiger partial charge in [-0.2, -0.15) is 0 Å². The fourth-order valence-corrected chi connectivity index (χ4v) is 1.86. The molecule has 2 rings (SSSR count). The van der Waals surface area contributed by atoms with Crippen molar-refractivity contribution >= 4 is 0 Å².